The zero-order valence-electron chi connectivity index (χ0n) is 17.9. The van der Waals surface area contributed by atoms with Crippen LogP contribution in [0.2, 0.25) is 0 Å². The van der Waals surface area contributed by atoms with Gasteiger partial charge in [-0.3, -0.25) is 9.20 Å². The van der Waals surface area contributed by atoms with Gasteiger partial charge >= 0.3 is 0 Å². The van der Waals surface area contributed by atoms with Gasteiger partial charge in [-0.05, 0) is 44.9 Å². The number of ether oxygens (including phenoxy) is 2. The van der Waals surface area contributed by atoms with Crippen LogP contribution in [0.1, 0.15) is 38.4 Å². The molecule has 3 aromatic rings. The van der Waals surface area contributed by atoms with Crippen molar-refractivity contribution in [2.75, 3.05) is 32.2 Å². The van der Waals surface area contributed by atoms with Crippen molar-refractivity contribution in [1.82, 2.24) is 19.6 Å². The Bertz CT molecular complexity index is 1030. The van der Waals surface area contributed by atoms with Gasteiger partial charge in [0, 0.05) is 26.1 Å². The predicted molar refractivity (Wildman–Crippen MR) is 117 cm³/mol. The van der Waals surface area contributed by atoms with Gasteiger partial charge in [0.1, 0.15) is 18.2 Å². The molecule has 0 aliphatic heterocycles. The summed E-state index contributed by atoms with van der Waals surface area (Å²) in [6.45, 7) is 5.55. The molecule has 0 aliphatic carbocycles. The molecule has 2 aromatic heterocycles. The van der Waals surface area contributed by atoms with Gasteiger partial charge in [-0.1, -0.05) is 12.5 Å². The lowest BCUT2D eigenvalue weighted by Crippen LogP contribution is -2.08. The summed E-state index contributed by atoms with van der Waals surface area (Å²) in [4.78, 5) is 16.3. The van der Waals surface area contributed by atoms with Crippen LogP contribution in [0.25, 0.3) is 16.7 Å². The van der Waals surface area contributed by atoms with Crippen molar-refractivity contribution >= 4 is 28.3 Å². The molecule has 0 saturated heterocycles. The van der Waals surface area contributed by atoms with Crippen LogP contribution in [0.4, 0.5) is 5.82 Å². The molecule has 160 valence electrons. The molecular weight excluding hydrogens is 382 g/mol. The van der Waals surface area contributed by atoms with E-state index in [-0.39, 0.29) is 5.78 Å². The van der Waals surface area contributed by atoms with Gasteiger partial charge in [-0.15, -0.1) is 10.2 Å². The van der Waals surface area contributed by atoms with E-state index in [4.69, 9.17) is 14.5 Å². The van der Waals surface area contributed by atoms with Crippen LogP contribution in [0.5, 0.6) is 5.75 Å². The number of nitrogens with zero attached hydrogens (tertiary/aromatic N) is 4. The van der Waals surface area contributed by atoms with E-state index in [2.05, 4.69) is 15.5 Å². The minimum absolute atomic E-state index is 0.186. The summed E-state index contributed by atoms with van der Waals surface area (Å²) < 4.78 is 12.8. The molecule has 8 heteroatoms. The van der Waals surface area contributed by atoms with Crippen LogP contribution in [-0.4, -0.2) is 52.2 Å². The molecule has 8 nitrogen and oxygen atoms in total. The number of carbonyl (C=O) groups excluding carboxylic acids is 1. The summed E-state index contributed by atoms with van der Waals surface area (Å²) in [7, 11) is 1.65. The number of benzene rings is 1. The first-order chi connectivity index (χ1) is 14.6. The first kappa shape index (κ1) is 21.7. The molecule has 0 aliphatic rings. The minimum Gasteiger partial charge on any atom is -0.491 e. The van der Waals surface area contributed by atoms with Crippen LogP contribution in [0.15, 0.2) is 30.4 Å². The normalized spacial score (nSPS) is 11.6. The number of fused-ring (bicyclic) bond motifs is 3. The van der Waals surface area contributed by atoms with Crippen molar-refractivity contribution in [2.45, 2.75) is 39.5 Å². The summed E-state index contributed by atoms with van der Waals surface area (Å²) >= 11 is 0. The number of aromatic nitrogens is 4. The molecule has 0 fully saturated rings. The van der Waals surface area contributed by atoms with E-state index in [1.54, 1.807) is 19.3 Å². The summed E-state index contributed by atoms with van der Waals surface area (Å²) in [5, 5.41) is 11.9. The number of hydrogen-bond donors (Lipinski definition) is 1. The van der Waals surface area contributed by atoms with Gasteiger partial charge in [0.25, 0.3) is 0 Å². The van der Waals surface area contributed by atoms with Crippen LogP contribution in [-0.2, 0) is 9.53 Å². The van der Waals surface area contributed by atoms with Crippen molar-refractivity contribution in [3.63, 3.8) is 0 Å². The fourth-order valence-corrected chi connectivity index (χ4v) is 3.28. The Hall–Kier alpha value is -3.00. The van der Waals surface area contributed by atoms with Gasteiger partial charge in [0.2, 0.25) is 5.65 Å². The summed E-state index contributed by atoms with van der Waals surface area (Å²) in [5.41, 5.74) is 2.44. The summed E-state index contributed by atoms with van der Waals surface area (Å²) in [6, 6.07) is 5.81. The van der Waals surface area contributed by atoms with Gasteiger partial charge in [-0.25, -0.2) is 4.98 Å². The summed E-state index contributed by atoms with van der Waals surface area (Å²) in [5.74, 6) is 2.43. The third kappa shape index (κ3) is 5.33. The largest absolute Gasteiger partial charge is 0.491 e. The molecule has 0 amide bonds. The fourth-order valence-electron chi connectivity index (χ4n) is 3.28. The molecule has 1 N–H and O–H groups in total. The van der Waals surface area contributed by atoms with E-state index in [1.807, 2.05) is 36.4 Å². The second-order valence-electron chi connectivity index (χ2n) is 7.06. The van der Waals surface area contributed by atoms with Crippen LogP contribution in [0, 0.1) is 6.92 Å². The Labute approximate surface area is 176 Å². The van der Waals surface area contributed by atoms with Crippen molar-refractivity contribution in [3.05, 3.63) is 36.2 Å². The standard InChI is InChI=1S/C22H29N5O3/c1-4-8-17(28)9-6-5-7-12-23-21-22-26-25-16(2)27(22)20-11-10-18(15-19(20)24-21)30-14-13-29-3/h4,8,10-11,15H,5-7,9,12-14H2,1-3H3,(H,23,24)/b8-4+. The SMILES string of the molecule is C/C=C/C(=O)CCCCCNc1nc2cc(OCCOC)ccc2n2c(C)nnc12. The highest BCUT2D eigenvalue weighted by Gasteiger charge is 2.13. The Kier molecular flexibility index (Phi) is 7.73. The average Bonchev–Trinajstić information content (AvgIpc) is 3.13. The number of ketones is 1. The number of aryl methyl sites for hydroxylation is 1. The Morgan fingerprint density at radius 2 is 2.07 bits per heavy atom. The molecule has 3 rings (SSSR count). The highest BCUT2D eigenvalue weighted by atomic mass is 16.5. The minimum atomic E-state index is 0.186. The van der Waals surface area contributed by atoms with E-state index in [0.717, 1.165) is 48.4 Å². The molecule has 30 heavy (non-hydrogen) atoms. The Morgan fingerprint density at radius 3 is 2.87 bits per heavy atom. The Balaban J connectivity index is 1.70. The van der Waals surface area contributed by atoms with Crippen molar-refractivity contribution in [1.29, 1.82) is 0 Å². The summed E-state index contributed by atoms with van der Waals surface area (Å²) in [6.07, 6.45) is 6.82. The number of allylic oxidation sites excluding steroid dienone is 2. The maximum absolute atomic E-state index is 11.5. The highest BCUT2D eigenvalue weighted by Crippen LogP contribution is 2.25. The molecule has 0 unspecified atom stereocenters. The van der Waals surface area contributed by atoms with Gasteiger partial charge in [0.15, 0.2) is 11.6 Å². The third-order valence-electron chi connectivity index (χ3n) is 4.76. The van der Waals surface area contributed by atoms with E-state index >= 15 is 0 Å². The number of methoxy groups -OCH3 is 1. The Morgan fingerprint density at radius 1 is 1.20 bits per heavy atom. The molecule has 0 saturated carbocycles. The van der Waals surface area contributed by atoms with Gasteiger partial charge < -0.3 is 14.8 Å². The highest BCUT2D eigenvalue weighted by molar-refractivity contribution is 5.89. The topological polar surface area (TPSA) is 90.6 Å². The number of nitrogens with one attached hydrogen (secondary N) is 1. The fraction of sp³-hybridized carbons (Fsp3) is 0.455. The monoisotopic (exact) mass is 411 g/mol. The van der Waals surface area contributed by atoms with E-state index in [1.165, 1.54) is 0 Å². The van der Waals surface area contributed by atoms with Crippen molar-refractivity contribution in [2.24, 2.45) is 0 Å². The number of unbranched alkanes of at least 4 members (excludes halogenated alkanes) is 2. The van der Waals surface area contributed by atoms with E-state index in [9.17, 15) is 4.79 Å². The van der Waals surface area contributed by atoms with E-state index < -0.39 is 0 Å². The smallest absolute Gasteiger partial charge is 0.204 e. The van der Waals surface area contributed by atoms with Crippen LogP contribution < -0.4 is 10.1 Å². The molecule has 0 spiro atoms. The zero-order chi connectivity index (χ0) is 21.3. The van der Waals surface area contributed by atoms with E-state index in [0.29, 0.717) is 31.1 Å². The average molecular weight is 412 g/mol. The zero-order valence-corrected chi connectivity index (χ0v) is 17.9. The maximum atomic E-state index is 11.5. The quantitative estimate of drug-likeness (QED) is 0.359. The third-order valence-corrected chi connectivity index (χ3v) is 4.76. The van der Waals surface area contributed by atoms with Crippen LogP contribution >= 0.6 is 0 Å². The first-order valence-corrected chi connectivity index (χ1v) is 10.3. The number of hydrogen-bond acceptors (Lipinski definition) is 7. The molecule has 0 atom stereocenters. The second kappa shape index (κ2) is 10.7. The predicted octanol–water partition coefficient (Wildman–Crippen LogP) is 3.73. The molecule has 2 heterocycles. The number of anilines is 1. The lowest BCUT2D eigenvalue weighted by Gasteiger charge is -2.11. The number of carbonyl (C=O) groups is 1. The van der Waals surface area contributed by atoms with Gasteiger partial charge in [-0.2, -0.15) is 0 Å². The molecular formula is C22H29N5O3. The molecule has 1 aromatic carbocycles. The van der Waals surface area contributed by atoms with Crippen LogP contribution in [0.3, 0.4) is 0 Å². The maximum Gasteiger partial charge on any atom is 0.204 e. The molecule has 0 radical (unpaired) electrons. The lowest BCUT2D eigenvalue weighted by atomic mass is 10.1. The second-order valence-corrected chi connectivity index (χ2v) is 7.06. The van der Waals surface area contributed by atoms with Crippen molar-refractivity contribution < 1.29 is 14.3 Å². The first-order valence-electron chi connectivity index (χ1n) is 10.3. The number of rotatable bonds is 12. The van der Waals surface area contributed by atoms with Gasteiger partial charge in [0.05, 0.1) is 17.6 Å². The van der Waals surface area contributed by atoms with Crippen molar-refractivity contribution in [3.8, 4) is 5.75 Å². The lowest BCUT2D eigenvalue weighted by molar-refractivity contribution is -0.114. The molecule has 0 bridgehead atoms.